The molecule has 0 N–H and O–H groups in total. The maximum absolute atomic E-state index is 3.96. The predicted molar refractivity (Wildman–Crippen MR) is 84.8 cm³/mol. The van der Waals surface area contributed by atoms with Crippen LogP contribution in [0.15, 0.2) is 0 Å². The topological polar surface area (TPSA) is 0 Å². The summed E-state index contributed by atoms with van der Waals surface area (Å²) in [5.41, 5.74) is 0.533. The summed E-state index contributed by atoms with van der Waals surface area (Å²) < 4.78 is 0. The summed E-state index contributed by atoms with van der Waals surface area (Å²) in [6.07, 6.45) is 15.4. The third-order valence-electron chi connectivity index (χ3n) is 3.87. The van der Waals surface area contributed by atoms with Crippen LogP contribution < -0.4 is 0 Å². The summed E-state index contributed by atoms with van der Waals surface area (Å²) >= 11 is 0. The number of rotatable bonds is 11. The Morgan fingerprint density at radius 2 is 1.22 bits per heavy atom. The van der Waals surface area contributed by atoms with E-state index in [1.54, 1.807) is 0 Å². The first-order valence-corrected chi connectivity index (χ1v) is 8.25. The monoisotopic (exact) mass is 253 g/mol. The third-order valence-corrected chi connectivity index (χ3v) is 3.87. The highest BCUT2D eigenvalue weighted by Crippen LogP contribution is 2.22. The van der Waals surface area contributed by atoms with Gasteiger partial charge in [0.25, 0.3) is 0 Å². The molecule has 0 amide bonds. The molecule has 0 aromatic rings. The van der Waals surface area contributed by atoms with Crippen LogP contribution >= 0.6 is 0 Å². The van der Waals surface area contributed by atoms with Crippen LogP contribution in [-0.4, -0.2) is 0 Å². The Kier molecular flexibility index (Phi) is 10.9. The fourth-order valence-corrected chi connectivity index (χ4v) is 2.35. The van der Waals surface area contributed by atoms with Gasteiger partial charge in [-0.2, -0.15) is 0 Å². The van der Waals surface area contributed by atoms with Crippen LogP contribution in [0.4, 0.5) is 0 Å². The molecule has 0 rings (SSSR count). The average molecular weight is 253 g/mol. The van der Waals surface area contributed by atoms with Crippen molar-refractivity contribution in [3.05, 3.63) is 6.92 Å². The summed E-state index contributed by atoms with van der Waals surface area (Å²) in [7, 11) is 0. The fourth-order valence-electron chi connectivity index (χ4n) is 2.35. The van der Waals surface area contributed by atoms with E-state index in [1.165, 1.54) is 64.2 Å². The molecule has 0 bridgehead atoms. The Balaban J connectivity index is 3.08. The van der Waals surface area contributed by atoms with Gasteiger partial charge in [-0.15, -0.1) is 0 Å². The van der Waals surface area contributed by atoms with Crippen LogP contribution in [0.2, 0.25) is 0 Å². The van der Waals surface area contributed by atoms with Gasteiger partial charge in [0, 0.05) is 0 Å². The molecule has 0 aliphatic rings. The van der Waals surface area contributed by atoms with Crippen molar-refractivity contribution in [1.82, 2.24) is 0 Å². The average Bonchev–Trinajstić information content (AvgIpc) is 2.29. The maximum Gasteiger partial charge on any atom is -0.0383 e. The van der Waals surface area contributed by atoms with Gasteiger partial charge >= 0.3 is 0 Å². The van der Waals surface area contributed by atoms with E-state index in [0.29, 0.717) is 5.41 Å². The van der Waals surface area contributed by atoms with Crippen molar-refractivity contribution in [1.29, 1.82) is 0 Å². The zero-order valence-electron chi connectivity index (χ0n) is 13.6. The Bertz CT molecular complexity index is 163. The molecule has 0 aromatic carbocycles. The van der Waals surface area contributed by atoms with Crippen molar-refractivity contribution in [3.63, 3.8) is 0 Å². The molecule has 0 spiro atoms. The molecule has 0 nitrogen and oxygen atoms in total. The minimum Gasteiger partial charge on any atom is -0.0625 e. The molecule has 0 heteroatoms. The molecule has 0 saturated heterocycles. The lowest BCUT2D eigenvalue weighted by Gasteiger charge is -2.17. The first-order valence-electron chi connectivity index (χ1n) is 8.25. The lowest BCUT2D eigenvalue weighted by atomic mass is 9.89. The highest BCUT2D eigenvalue weighted by molar-refractivity contribution is 4.61. The van der Waals surface area contributed by atoms with Gasteiger partial charge in [-0.05, 0) is 17.8 Å². The van der Waals surface area contributed by atoms with Crippen LogP contribution in [0.1, 0.15) is 98.3 Å². The van der Waals surface area contributed by atoms with E-state index >= 15 is 0 Å². The predicted octanol–water partition coefficient (Wildman–Crippen LogP) is 6.79. The summed E-state index contributed by atoms with van der Waals surface area (Å²) in [4.78, 5) is 0. The molecule has 0 heterocycles. The standard InChI is InChI=1S/C18H37/c1-6-17(2)15-13-11-9-7-8-10-12-14-16-18(3,4)5/h17H,1,6-16H2,2-5H3. The van der Waals surface area contributed by atoms with Crippen LogP contribution in [-0.2, 0) is 0 Å². The Morgan fingerprint density at radius 1 is 0.778 bits per heavy atom. The number of hydrogen-bond acceptors (Lipinski definition) is 0. The lowest BCUT2D eigenvalue weighted by molar-refractivity contribution is 0.356. The van der Waals surface area contributed by atoms with Crippen molar-refractivity contribution in [3.8, 4) is 0 Å². The molecule has 0 aliphatic carbocycles. The zero-order chi connectivity index (χ0) is 13.9. The van der Waals surface area contributed by atoms with Crippen LogP contribution in [0.25, 0.3) is 0 Å². The van der Waals surface area contributed by atoms with Gasteiger partial charge in [0.2, 0.25) is 0 Å². The van der Waals surface area contributed by atoms with Gasteiger partial charge in [0.15, 0.2) is 0 Å². The van der Waals surface area contributed by atoms with Gasteiger partial charge in [0.1, 0.15) is 0 Å². The zero-order valence-corrected chi connectivity index (χ0v) is 13.6. The minimum absolute atomic E-state index is 0.533. The molecule has 18 heavy (non-hydrogen) atoms. The second-order valence-corrected chi connectivity index (χ2v) is 7.32. The van der Waals surface area contributed by atoms with Crippen molar-refractivity contribution in [2.75, 3.05) is 0 Å². The van der Waals surface area contributed by atoms with Gasteiger partial charge in [-0.25, -0.2) is 0 Å². The second-order valence-electron chi connectivity index (χ2n) is 7.32. The summed E-state index contributed by atoms with van der Waals surface area (Å²) in [6, 6.07) is 0. The quantitative estimate of drug-likeness (QED) is 0.355. The number of unbranched alkanes of at least 4 members (excludes halogenated alkanes) is 7. The molecule has 0 fully saturated rings. The molecule has 0 aromatic heterocycles. The molecule has 0 saturated carbocycles. The van der Waals surface area contributed by atoms with Crippen molar-refractivity contribution in [2.45, 2.75) is 98.3 Å². The maximum atomic E-state index is 3.96. The van der Waals surface area contributed by atoms with Gasteiger partial charge < -0.3 is 0 Å². The third kappa shape index (κ3) is 14.1. The molecule has 1 unspecified atom stereocenters. The van der Waals surface area contributed by atoms with Crippen molar-refractivity contribution < 1.29 is 0 Å². The highest BCUT2D eigenvalue weighted by atomic mass is 14.1. The van der Waals surface area contributed by atoms with Gasteiger partial charge in [-0.3, -0.25) is 0 Å². The normalized spacial score (nSPS) is 13.8. The van der Waals surface area contributed by atoms with Crippen molar-refractivity contribution >= 4 is 0 Å². The van der Waals surface area contributed by atoms with Gasteiger partial charge in [-0.1, -0.05) is 98.8 Å². The summed E-state index contributed by atoms with van der Waals surface area (Å²) in [5, 5.41) is 0. The Morgan fingerprint density at radius 3 is 1.67 bits per heavy atom. The SMILES string of the molecule is [CH2]CC(C)CCCCCCCCCCC(C)(C)C. The van der Waals surface area contributed by atoms with E-state index in [1.807, 2.05) is 0 Å². The van der Waals surface area contributed by atoms with E-state index in [4.69, 9.17) is 0 Å². The van der Waals surface area contributed by atoms with Crippen molar-refractivity contribution in [2.24, 2.45) is 11.3 Å². The fraction of sp³-hybridized carbons (Fsp3) is 0.944. The summed E-state index contributed by atoms with van der Waals surface area (Å²) in [5.74, 6) is 0.836. The summed E-state index contributed by atoms with van der Waals surface area (Å²) in [6.45, 7) is 13.3. The Labute approximate surface area is 117 Å². The van der Waals surface area contributed by atoms with E-state index in [-0.39, 0.29) is 0 Å². The Hall–Kier alpha value is 0. The van der Waals surface area contributed by atoms with E-state index in [0.717, 1.165) is 12.3 Å². The molecular formula is C18H37. The van der Waals surface area contributed by atoms with Gasteiger partial charge in [0.05, 0.1) is 0 Å². The van der Waals surface area contributed by atoms with Crippen LogP contribution in [0.3, 0.4) is 0 Å². The largest absolute Gasteiger partial charge is 0.0625 e. The van der Waals surface area contributed by atoms with Crippen LogP contribution in [0.5, 0.6) is 0 Å². The van der Waals surface area contributed by atoms with E-state index in [9.17, 15) is 0 Å². The smallest absolute Gasteiger partial charge is 0.0383 e. The minimum atomic E-state index is 0.533. The molecule has 109 valence electrons. The molecule has 1 atom stereocenters. The second kappa shape index (κ2) is 10.9. The molecule has 1 radical (unpaired) electrons. The highest BCUT2D eigenvalue weighted by Gasteiger charge is 2.08. The first kappa shape index (κ1) is 18.0. The number of hydrogen-bond donors (Lipinski definition) is 0. The van der Waals surface area contributed by atoms with E-state index in [2.05, 4.69) is 34.6 Å². The molecule has 0 aliphatic heterocycles. The first-order chi connectivity index (χ1) is 8.45. The van der Waals surface area contributed by atoms with Crippen LogP contribution in [0, 0.1) is 18.3 Å². The van der Waals surface area contributed by atoms with E-state index < -0.39 is 0 Å². The molecular weight excluding hydrogens is 216 g/mol. The lowest BCUT2D eigenvalue weighted by Crippen LogP contribution is -2.03.